The average Bonchev–Trinajstić information content (AvgIpc) is 3.31. The van der Waals surface area contributed by atoms with Crippen molar-refractivity contribution in [3.05, 3.63) is 35.9 Å². The number of morpholine rings is 1. The van der Waals surface area contributed by atoms with E-state index in [1.165, 1.54) is 4.90 Å². The molecule has 0 spiro atoms. The molecule has 1 aliphatic carbocycles. The molecule has 8 nitrogen and oxygen atoms in total. The van der Waals surface area contributed by atoms with Crippen molar-refractivity contribution < 1.29 is 27.8 Å². The van der Waals surface area contributed by atoms with E-state index < -0.39 is 18.5 Å². The van der Waals surface area contributed by atoms with Crippen LogP contribution in [-0.2, 0) is 4.74 Å². The molecule has 3 fully saturated rings. The monoisotopic (exact) mass is 533 g/mol. The lowest BCUT2D eigenvalue weighted by Crippen LogP contribution is -2.39. The van der Waals surface area contributed by atoms with Gasteiger partial charge in [0.15, 0.2) is 0 Å². The third kappa shape index (κ3) is 6.50. The van der Waals surface area contributed by atoms with Crippen molar-refractivity contribution in [1.29, 1.82) is 0 Å². The molecule has 2 aliphatic heterocycles. The molecule has 11 heteroatoms. The van der Waals surface area contributed by atoms with Gasteiger partial charge in [0.25, 0.3) is 0 Å². The zero-order valence-corrected chi connectivity index (χ0v) is 21.4. The smallest absolute Gasteiger partial charge is 0.389 e. The summed E-state index contributed by atoms with van der Waals surface area (Å²) >= 11 is 0. The van der Waals surface area contributed by atoms with Crippen LogP contribution in [0.15, 0.2) is 30.3 Å². The summed E-state index contributed by atoms with van der Waals surface area (Å²) in [6, 6.07) is 9.40. The Morgan fingerprint density at radius 1 is 1.16 bits per heavy atom. The van der Waals surface area contributed by atoms with E-state index in [0.29, 0.717) is 44.7 Å². The lowest BCUT2D eigenvalue weighted by molar-refractivity contribution is -0.143. The van der Waals surface area contributed by atoms with E-state index in [-0.39, 0.29) is 24.7 Å². The van der Waals surface area contributed by atoms with Crippen LogP contribution in [0.25, 0.3) is 11.1 Å². The molecule has 38 heavy (non-hydrogen) atoms. The van der Waals surface area contributed by atoms with Gasteiger partial charge in [0, 0.05) is 44.3 Å². The molecule has 1 saturated carbocycles. The zero-order chi connectivity index (χ0) is 26.9. The van der Waals surface area contributed by atoms with Gasteiger partial charge in [0.2, 0.25) is 0 Å². The highest BCUT2D eigenvalue weighted by atomic mass is 19.4. The van der Waals surface area contributed by atoms with Crippen LogP contribution >= 0.6 is 0 Å². The van der Waals surface area contributed by atoms with Crippen LogP contribution in [0, 0.1) is 12.8 Å². The molecule has 0 unspecified atom stereocenters. The molecule has 3 N–H and O–H groups in total. The van der Waals surface area contributed by atoms with Crippen molar-refractivity contribution in [2.75, 3.05) is 54.9 Å². The highest BCUT2D eigenvalue weighted by molar-refractivity contribution is 5.91. The number of aromatic nitrogens is 1. The summed E-state index contributed by atoms with van der Waals surface area (Å²) in [6.07, 6.45) is -3.66. The molecule has 2 saturated heterocycles. The van der Waals surface area contributed by atoms with E-state index in [1.54, 1.807) is 6.07 Å². The molecule has 0 bridgehead atoms. The van der Waals surface area contributed by atoms with E-state index in [0.717, 1.165) is 41.4 Å². The fraction of sp³-hybridized carbons (Fsp3) is 0.556. The predicted molar refractivity (Wildman–Crippen MR) is 139 cm³/mol. The lowest BCUT2D eigenvalue weighted by Gasteiger charge is -2.33. The Bertz CT molecular complexity index is 1150. The van der Waals surface area contributed by atoms with E-state index in [9.17, 15) is 23.1 Å². The Morgan fingerprint density at radius 3 is 2.63 bits per heavy atom. The minimum absolute atomic E-state index is 0.0994. The molecular formula is C27H34F3N5O3. The predicted octanol–water partition coefficient (Wildman–Crippen LogP) is 4.64. The second kappa shape index (κ2) is 11.0. The minimum atomic E-state index is -4.22. The molecule has 2 aromatic rings. The van der Waals surface area contributed by atoms with Crippen molar-refractivity contribution >= 4 is 23.4 Å². The maximum absolute atomic E-state index is 12.8. The lowest BCUT2D eigenvalue weighted by atomic mass is 9.89. The second-order valence-corrected chi connectivity index (χ2v) is 10.5. The van der Waals surface area contributed by atoms with Gasteiger partial charge in [-0.1, -0.05) is 6.07 Å². The standard InChI is InChI=1S/C27H34F3N5O3/c1-17-2-3-20(32-26(37)35-5-4-18(16-35)15-27(28,29)30)14-23(17)19-10-24(31-21-12-22(36)13-21)33-25(11-19)34-6-8-38-9-7-34/h2-3,10-11,14,18,21-22,36H,4-9,12-13,15-16H2,1H3,(H,31,33)(H,32,37)/t18-,21-,22+/m0/s1. The van der Waals surface area contributed by atoms with Crippen LogP contribution in [-0.4, -0.2) is 78.7 Å². The molecule has 1 atom stereocenters. The maximum atomic E-state index is 12.8. The van der Waals surface area contributed by atoms with E-state index in [1.807, 2.05) is 31.2 Å². The van der Waals surface area contributed by atoms with Crippen molar-refractivity contribution in [2.24, 2.45) is 5.92 Å². The Balaban J connectivity index is 1.35. The third-order valence-electron chi connectivity index (χ3n) is 7.51. The number of hydrogen-bond donors (Lipinski definition) is 3. The fourth-order valence-corrected chi connectivity index (χ4v) is 5.34. The maximum Gasteiger partial charge on any atom is 0.389 e. The number of likely N-dealkylation sites (tertiary alicyclic amines) is 1. The molecule has 5 rings (SSSR count). The first-order valence-electron chi connectivity index (χ1n) is 13.2. The number of carbonyl (C=O) groups is 1. The van der Waals surface area contributed by atoms with Crippen molar-refractivity contribution in [3.63, 3.8) is 0 Å². The van der Waals surface area contributed by atoms with Gasteiger partial charge < -0.3 is 30.3 Å². The number of rotatable bonds is 6. The second-order valence-electron chi connectivity index (χ2n) is 10.5. The molecule has 2 amide bonds. The van der Waals surface area contributed by atoms with Crippen LogP contribution in [0.4, 0.5) is 35.3 Å². The summed E-state index contributed by atoms with van der Waals surface area (Å²) in [5.41, 5.74) is 3.45. The van der Waals surface area contributed by atoms with Gasteiger partial charge in [0.1, 0.15) is 11.6 Å². The van der Waals surface area contributed by atoms with Crippen molar-refractivity contribution in [1.82, 2.24) is 9.88 Å². The number of carbonyl (C=O) groups excluding carboxylic acids is 1. The number of halogens is 3. The summed E-state index contributed by atoms with van der Waals surface area (Å²) < 4.78 is 43.8. The van der Waals surface area contributed by atoms with Crippen molar-refractivity contribution in [3.8, 4) is 11.1 Å². The van der Waals surface area contributed by atoms with E-state index >= 15 is 0 Å². The number of anilines is 3. The molecule has 1 aromatic carbocycles. The van der Waals surface area contributed by atoms with Crippen LogP contribution in [0.3, 0.4) is 0 Å². The summed E-state index contributed by atoms with van der Waals surface area (Å²) in [5.74, 6) is 0.991. The molecule has 1 aromatic heterocycles. The topological polar surface area (TPSA) is 90.0 Å². The number of pyridine rings is 1. The fourth-order valence-electron chi connectivity index (χ4n) is 5.34. The van der Waals surface area contributed by atoms with Gasteiger partial charge in [-0.2, -0.15) is 13.2 Å². The van der Waals surface area contributed by atoms with Gasteiger partial charge in [-0.25, -0.2) is 9.78 Å². The van der Waals surface area contributed by atoms with E-state index in [2.05, 4.69) is 15.5 Å². The molecule has 206 valence electrons. The highest BCUT2D eigenvalue weighted by Crippen LogP contribution is 2.34. The van der Waals surface area contributed by atoms with Gasteiger partial charge in [-0.05, 0) is 73.1 Å². The first-order chi connectivity index (χ1) is 18.1. The quantitative estimate of drug-likeness (QED) is 0.502. The number of alkyl halides is 3. The number of ether oxygens (including phenoxy) is 1. The number of benzene rings is 1. The number of hydrogen-bond acceptors (Lipinski definition) is 6. The molecule has 3 heterocycles. The van der Waals surface area contributed by atoms with Crippen LogP contribution in [0.1, 0.15) is 31.2 Å². The summed E-state index contributed by atoms with van der Waals surface area (Å²) in [6.45, 7) is 5.13. The Kier molecular flexibility index (Phi) is 7.67. The average molecular weight is 534 g/mol. The van der Waals surface area contributed by atoms with Crippen LogP contribution in [0.2, 0.25) is 0 Å². The summed E-state index contributed by atoms with van der Waals surface area (Å²) in [4.78, 5) is 21.3. The zero-order valence-electron chi connectivity index (χ0n) is 21.4. The van der Waals surface area contributed by atoms with Gasteiger partial charge in [-0.3, -0.25) is 0 Å². The Labute approximate surface area is 220 Å². The number of nitrogens with one attached hydrogen (secondary N) is 2. The first-order valence-corrected chi connectivity index (χ1v) is 13.2. The largest absolute Gasteiger partial charge is 0.393 e. The number of aryl methyl sites for hydroxylation is 1. The van der Waals surface area contributed by atoms with Gasteiger partial charge >= 0.3 is 12.2 Å². The van der Waals surface area contributed by atoms with Crippen LogP contribution in [0.5, 0.6) is 0 Å². The number of urea groups is 1. The number of aliphatic hydroxyl groups excluding tert-OH is 1. The summed E-state index contributed by atoms with van der Waals surface area (Å²) in [7, 11) is 0. The van der Waals surface area contributed by atoms with Crippen molar-refractivity contribution in [2.45, 2.75) is 50.9 Å². The molecule has 0 radical (unpaired) electrons. The van der Waals surface area contributed by atoms with Gasteiger partial charge in [-0.15, -0.1) is 0 Å². The highest BCUT2D eigenvalue weighted by Gasteiger charge is 2.36. The van der Waals surface area contributed by atoms with Crippen LogP contribution < -0.4 is 15.5 Å². The summed E-state index contributed by atoms with van der Waals surface area (Å²) in [5, 5.41) is 16.0. The Morgan fingerprint density at radius 2 is 1.92 bits per heavy atom. The SMILES string of the molecule is Cc1ccc(NC(=O)N2CC[C@@H](CC(F)(F)F)C2)cc1-c1cc(N[C@H]2C[C@@H](O)C2)nc(N2CCOCC2)c1. The normalized spacial score (nSPS) is 23.8. The number of nitrogens with zero attached hydrogens (tertiary/aromatic N) is 3. The third-order valence-corrected chi connectivity index (χ3v) is 7.51. The Hall–Kier alpha value is -3.05. The number of amides is 2. The molecular weight excluding hydrogens is 499 g/mol. The first kappa shape index (κ1) is 26.6. The van der Waals surface area contributed by atoms with E-state index in [4.69, 9.17) is 9.72 Å². The molecule has 3 aliphatic rings. The number of aliphatic hydroxyl groups is 1. The van der Waals surface area contributed by atoms with Gasteiger partial charge in [0.05, 0.1) is 19.3 Å². The minimum Gasteiger partial charge on any atom is -0.393 e.